The number of hydrogen-bond donors (Lipinski definition) is 2. The Morgan fingerprint density at radius 3 is 2.91 bits per heavy atom. The van der Waals surface area contributed by atoms with Crippen LogP contribution < -0.4 is 5.32 Å². The summed E-state index contributed by atoms with van der Waals surface area (Å²) in [6.45, 7) is 4.51. The molecule has 1 saturated heterocycles. The average Bonchev–Trinajstić information content (AvgIpc) is 3.11. The van der Waals surface area contributed by atoms with Gasteiger partial charge in [-0.15, -0.1) is 0 Å². The van der Waals surface area contributed by atoms with Crippen molar-refractivity contribution in [3.05, 3.63) is 23.2 Å². The normalized spacial score (nSPS) is 19.1. The lowest BCUT2D eigenvalue weighted by atomic mass is 10.2. The molecule has 0 spiro atoms. The van der Waals surface area contributed by atoms with Crippen LogP contribution in [0.4, 0.5) is 0 Å². The summed E-state index contributed by atoms with van der Waals surface area (Å²) in [4.78, 5) is 22.8. The van der Waals surface area contributed by atoms with Crippen LogP contribution >= 0.6 is 0 Å². The first-order valence-electron chi connectivity index (χ1n) is 7.31. The van der Waals surface area contributed by atoms with Gasteiger partial charge in [0.1, 0.15) is 23.2 Å². The van der Waals surface area contributed by atoms with Crippen molar-refractivity contribution in [1.82, 2.24) is 5.32 Å². The number of carbonyl (C=O) groups is 2. The summed E-state index contributed by atoms with van der Waals surface area (Å²) in [5.41, 5.74) is 0.104. The lowest BCUT2D eigenvalue weighted by molar-refractivity contribution is -0.134. The van der Waals surface area contributed by atoms with Crippen molar-refractivity contribution in [3.8, 4) is 0 Å². The van der Waals surface area contributed by atoms with Gasteiger partial charge in [-0.2, -0.15) is 0 Å². The van der Waals surface area contributed by atoms with Gasteiger partial charge in [0.05, 0.1) is 19.3 Å². The second kappa shape index (κ2) is 7.42. The Bertz CT molecular complexity index is 532. The van der Waals surface area contributed by atoms with Crippen molar-refractivity contribution in [1.29, 1.82) is 0 Å². The highest BCUT2D eigenvalue weighted by molar-refractivity contribution is 5.88. The zero-order valence-electron chi connectivity index (χ0n) is 12.8. The largest absolute Gasteiger partial charge is 0.478 e. The van der Waals surface area contributed by atoms with Crippen LogP contribution in [-0.2, 0) is 20.8 Å². The number of hydrogen-bond acceptors (Lipinski definition) is 5. The predicted molar refractivity (Wildman–Crippen MR) is 76.6 cm³/mol. The van der Waals surface area contributed by atoms with E-state index in [9.17, 15) is 9.59 Å². The topological polar surface area (TPSA) is 98.0 Å². The van der Waals surface area contributed by atoms with E-state index in [4.69, 9.17) is 19.0 Å². The molecule has 0 aliphatic carbocycles. The lowest BCUT2D eigenvalue weighted by Crippen LogP contribution is -2.35. The number of furan rings is 1. The van der Waals surface area contributed by atoms with Crippen LogP contribution in [0.15, 0.2) is 10.5 Å². The van der Waals surface area contributed by atoms with Gasteiger partial charge in [0, 0.05) is 6.61 Å². The fourth-order valence-corrected chi connectivity index (χ4v) is 2.26. The summed E-state index contributed by atoms with van der Waals surface area (Å²) in [7, 11) is 0. The number of carbonyl (C=O) groups excluding carboxylic acids is 1. The monoisotopic (exact) mass is 311 g/mol. The van der Waals surface area contributed by atoms with E-state index in [1.807, 2.05) is 0 Å². The molecule has 0 bridgehead atoms. The highest BCUT2D eigenvalue weighted by Gasteiger charge is 2.20. The molecule has 2 rings (SSSR count). The van der Waals surface area contributed by atoms with Crippen LogP contribution in [0.25, 0.3) is 0 Å². The molecule has 1 aromatic rings. The Labute approximate surface area is 128 Å². The Hall–Kier alpha value is -1.86. The number of nitrogens with one attached hydrogen (secondary N) is 1. The number of rotatable bonds is 7. The van der Waals surface area contributed by atoms with Crippen LogP contribution in [0.2, 0.25) is 0 Å². The first-order chi connectivity index (χ1) is 10.5. The molecule has 7 nitrogen and oxygen atoms in total. The summed E-state index contributed by atoms with van der Waals surface area (Å²) in [5.74, 6) is -0.606. The number of carboxylic acids is 1. The molecule has 2 atom stereocenters. The van der Waals surface area contributed by atoms with Crippen LogP contribution in [-0.4, -0.2) is 42.4 Å². The van der Waals surface area contributed by atoms with E-state index >= 15 is 0 Å². The van der Waals surface area contributed by atoms with Crippen LogP contribution in [0.3, 0.4) is 0 Å². The van der Waals surface area contributed by atoms with Crippen molar-refractivity contribution in [3.63, 3.8) is 0 Å². The molecule has 2 N–H and O–H groups in total. The smallest absolute Gasteiger partial charge is 0.339 e. The van der Waals surface area contributed by atoms with E-state index in [-0.39, 0.29) is 24.1 Å². The van der Waals surface area contributed by atoms with Crippen molar-refractivity contribution < 1.29 is 28.6 Å². The summed E-state index contributed by atoms with van der Waals surface area (Å²) >= 11 is 0. The number of ether oxygens (including phenoxy) is 2. The summed E-state index contributed by atoms with van der Waals surface area (Å²) < 4.78 is 16.2. The molecule has 0 radical (unpaired) electrons. The molecule has 1 aliphatic heterocycles. The van der Waals surface area contributed by atoms with Crippen LogP contribution in [0, 0.1) is 6.92 Å². The molecule has 0 aromatic carbocycles. The van der Waals surface area contributed by atoms with Crippen LogP contribution in [0.5, 0.6) is 0 Å². The van der Waals surface area contributed by atoms with Crippen LogP contribution in [0.1, 0.15) is 41.6 Å². The molecule has 2 heterocycles. The van der Waals surface area contributed by atoms with Gasteiger partial charge < -0.3 is 24.3 Å². The maximum atomic E-state index is 11.9. The SMILES string of the molecule is Cc1oc(CNC(=O)[C@@H](C)OC[C@H]2CCCO2)cc1C(=O)O. The number of aryl methyl sites for hydroxylation is 1. The van der Waals surface area contributed by atoms with E-state index in [0.29, 0.717) is 18.1 Å². The van der Waals surface area contributed by atoms with Crippen molar-refractivity contribution in [2.45, 2.75) is 45.4 Å². The lowest BCUT2D eigenvalue weighted by Gasteiger charge is -2.15. The molecule has 122 valence electrons. The second-order valence-corrected chi connectivity index (χ2v) is 5.32. The van der Waals surface area contributed by atoms with Gasteiger partial charge in [0.15, 0.2) is 0 Å². The summed E-state index contributed by atoms with van der Waals surface area (Å²) in [5, 5.41) is 11.6. The Morgan fingerprint density at radius 2 is 2.32 bits per heavy atom. The molecule has 1 amide bonds. The molecule has 1 aromatic heterocycles. The van der Waals surface area contributed by atoms with Crippen molar-refractivity contribution >= 4 is 11.9 Å². The zero-order chi connectivity index (χ0) is 16.1. The van der Waals surface area contributed by atoms with Gasteiger partial charge in [-0.3, -0.25) is 4.79 Å². The number of carboxylic acid groups (broad SMARTS) is 1. The first-order valence-corrected chi connectivity index (χ1v) is 7.31. The molecule has 7 heteroatoms. The molecular weight excluding hydrogens is 290 g/mol. The third-order valence-corrected chi connectivity index (χ3v) is 3.56. The summed E-state index contributed by atoms with van der Waals surface area (Å²) in [6, 6.07) is 1.41. The first kappa shape index (κ1) is 16.5. The minimum Gasteiger partial charge on any atom is -0.478 e. The van der Waals surface area contributed by atoms with E-state index in [1.165, 1.54) is 6.07 Å². The average molecular weight is 311 g/mol. The molecule has 0 unspecified atom stereocenters. The zero-order valence-corrected chi connectivity index (χ0v) is 12.8. The maximum absolute atomic E-state index is 11.9. The Kier molecular flexibility index (Phi) is 5.57. The third-order valence-electron chi connectivity index (χ3n) is 3.56. The highest BCUT2D eigenvalue weighted by atomic mass is 16.5. The molecule has 1 fully saturated rings. The molecule has 0 saturated carbocycles. The predicted octanol–water partition coefficient (Wildman–Crippen LogP) is 1.49. The molecular formula is C15H21NO6. The van der Waals surface area contributed by atoms with Crippen molar-refractivity contribution in [2.24, 2.45) is 0 Å². The minimum absolute atomic E-state index is 0.0705. The Morgan fingerprint density at radius 1 is 1.55 bits per heavy atom. The van der Waals surface area contributed by atoms with Gasteiger partial charge in [-0.1, -0.05) is 0 Å². The third kappa shape index (κ3) is 4.32. The number of amides is 1. The quantitative estimate of drug-likeness (QED) is 0.791. The maximum Gasteiger partial charge on any atom is 0.339 e. The van der Waals surface area contributed by atoms with Gasteiger partial charge in [0.2, 0.25) is 5.91 Å². The molecule has 22 heavy (non-hydrogen) atoms. The molecule has 1 aliphatic rings. The van der Waals surface area contributed by atoms with Gasteiger partial charge >= 0.3 is 5.97 Å². The summed E-state index contributed by atoms with van der Waals surface area (Å²) in [6.07, 6.45) is 1.45. The standard InChI is InChI=1S/C15H21NO6/c1-9-13(15(18)19)6-12(22-9)7-16-14(17)10(2)21-8-11-4-3-5-20-11/h6,10-11H,3-5,7-8H2,1-2H3,(H,16,17)(H,18,19)/t10-,11-/m1/s1. The highest BCUT2D eigenvalue weighted by Crippen LogP contribution is 2.15. The van der Waals surface area contributed by atoms with E-state index in [1.54, 1.807) is 13.8 Å². The van der Waals surface area contributed by atoms with E-state index in [0.717, 1.165) is 19.4 Å². The fraction of sp³-hybridized carbons (Fsp3) is 0.600. The minimum atomic E-state index is -1.05. The van der Waals surface area contributed by atoms with Gasteiger partial charge in [-0.05, 0) is 32.8 Å². The second-order valence-electron chi connectivity index (χ2n) is 5.32. The fourth-order valence-electron chi connectivity index (χ4n) is 2.26. The van der Waals surface area contributed by atoms with E-state index in [2.05, 4.69) is 5.32 Å². The van der Waals surface area contributed by atoms with E-state index < -0.39 is 12.1 Å². The van der Waals surface area contributed by atoms with Gasteiger partial charge in [0.25, 0.3) is 0 Å². The van der Waals surface area contributed by atoms with Crippen molar-refractivity contribution in [2.75, 3.05) is 13.2 Å². The number of aromatic carboxylic acids is 1. The van der Waals surface area contributed by atoms with Gasteiger partial charge in [-0.25, -0.2) is 4.79 Å². The Balaban J connectivity index is 1.76.